The van der Waals surface area contributed by atoms with Crippen LogP contribution in [0, 0.1) is 0 Å². The van der Waals surface area contributed by atoms with Gasteiger partial charge in [-0.05, 0) is 48.7 Å². The first-order valence-corrected chi connectivity index (χ1v) is 7.96. The molecule has 0 radical (unpaired) electrons. The molecule has 0 bridgehead atoms. The van der Waals surface area contributed by atoms with E-state index in [1.165, 1.54) is 25.1 Å². The summed E-state index contributed by atoms with van der Waals surface area (Å²) < 4.78 is 38.4. The second-order valence-corrected chi connectivity index (χ2v) is 6.05. The number of H-pyrrole nitrogens is 1. The highest BCUT2D eigenvalue weighted by atomic mass is 19.4. The number of aromatic nitrogens is 1. The topological polar surface area (TPSA) is 99.3 Å². The number of alkyl halides is 3. The van der Waals surface area contributed by atoms with E-state index in [1.54, 1.807) is 0 Å². The molecule has 0 unspecified atom stereocenters. The Morgan fingerprint density at radius 3 is 2.43 bits per heavy atom. The van der Waals surface area contributed by atoms with Crippen LogP contribution in [0.15, 0.2) is 47.3 Å². The fourth-order valence-corrected chi connectivity index (χ4v) is 2.59. The van der Waals surface area contributed by atoms with E-state index in [0.717, 1.165) is 24.3 Å². The number of aromatic hydroxyl groups is 1. The summed E-state index contributed by atoms with van der Waals surface area (Å²) in [5.74, 6) is -1.50. The van der Waals surface area contributed by atoms with Gasteiger partial charge in [-0.25, -0.2) is 0 Å². The van der Waals surface area contributed by atoms with Crippen molar-refractivity contribution in [1.82, 2.24) is 4.98 Å². The highest BCUT2D eigenvalue weighted by molar-refractivity contribution is 6.07. The molecule has 3 N–H and O–H groups in total. The van der Waals surface area contributed by atoms with Crippen LogP contribution in [0.25, 0.3) is 10.9 Å². The van der Waals surface area contributed by atoms with Crippen molar-refractivity contribution in [3.63, 3.8) is 0 Å². The summed E-state index contributed by atoms with van der Waals surface area (Å²) in [6.07, 6.45) is -4.57. The number of pyridine rings is 1. The predicted octanol–water partition coefficient (Wildman–Crippen LogP) is 3.71. The highest BCUT2D eigenvalue weighted by Gasteiger charge is 2.30. The number of carbonyl (C=O) groups excluding carboxylic acids is 2. The van der Waals surface area contributed by atoms with Gasteiger partial charge in [0.2, 0.25) is 0 Å². The maximum absolute atomic E-state index is 12.8. The van der Waals surface area contributed by atoms with Crippen molar-refractivity contribution in [3.05, 3.63) is 69.5 Å². The van der Waals surface area contributed by atoms with Crippen LogP contribution in [0.5, 0.6) is 5.75 Å². The summed E-state index contributed by atoms with van der Waals surface area (Å²) in [4.78, 5) is 38.3. The molecule has 0 saturated heterocycles. The molecule has 3 aromatic rings. The lowest BCUT2D eigenvalue weighted by Gasteiger charge is -2.10. The van der Waals surface area contributed by atoms with Crippen molar-refractivity contribution in [1.29, 1.82) is 0 Å². The number of Topliss-reactive ketones (excluding diaryl/α,β-unsaturated/α-hetero) is 1. The van der Waals surface area contributed by atoms with Gasteiger partial charge in [0.25, 0.3) is 11.5 Å². The maximum atomic E-state index is 12.8. The van der Waals surface area contributed by atoms with E-state index in [9.17, 15) is 32.7 Å². The quantitative estimate of drug-likeness (QED) is 0.469. The molecule has 3 rings (SSSR count). The Morgan fingerprint density at radius 2 is 1.79 bits per heavy atom. The molecule has 1 amide bonds. The van der Waals surface area contributed by atoms with E-state index < -0.39 is 23.2 Å². The van der Waals surface area contributed by atoms with Gasteiger partial charge >= 0.3 is 6.18 Å². The van der Waals surface area contributed by atoms with Gasteiger partial charge in [-0.3, -0.25) is 14.4 Å². The number of aromatic amines is 1. The number of carbonyl (C=O) groups is 2. The number of benzene rings is 2. The monoisotopic (exact) mass is 390 g/mol. The summed E-state index contributed by atoms with van der Waals surface area (Å²) >= 11 is 0. The number of phenols is 1. The smallest absolute Gasteiger partial charge is 0.416 e. The summed E-state index contributed by atoms with van der Waals surface area (Å²) in [5.41, 5.74) is -2.10. The van der Waals surface area contributed by atoms with Crippen molar-refractivity contribution in [2.75, 3.05) is 5.32 Å². The van der Waals surface area contributed by atoms with Crippen molar-refractivity contribution in [2.24, 2.45) is 0 Å². The minimum atomic E-state index is -4.57. The molecule has 0 aliphatic carbocycles. The Balaban J connectivity index is 1.98. The van der Waals surface area contributed by atoms with Gasteiger partial charge in [-0.15, -0.1) is 0 Å². The van der Waals surface area contributed by atoms with E-state index in [0.29, 0.717) is 0 Å². The first-order chi connectivity index (χ1) is 13.1. The number of amides is 1. The molecule has 0 fully saturated rings. The van der Waals surface area contributed by atoms with Gasteiger partial charge in [0, 0.05) is 11.1 Å². The van der Waals surface area contributed by atoms with Gasteiger partial charge in [0.15, 0.2) is 5.78 Å². The standard InChI is InChI=1S/C19H13F3N2O4/c1-9(25)10-3-5-16(26)15(7-10)24-18(28)13-6-11-2-4-12(19(20,21)22)8-14(11)23-17(13)27/h2-8,26H,1H3,(H,23,27)(H,24,28). The minimum Gasteiger partial charge on any atom is -0.506 e. The Labute approximate surface area is 155 Å². The lowest BCUT2D eigenvalue weighted by atomic mass is 10.1. The number of rotatable bonds is 3. The van der Waals surface area contributed by atoms with Gasteiger partial charge in [0.05, 0.1) is 11.3 Å². The minimum absolute atomic E-state index is 0.0715. The number of hydrogen-bond donors (Lipinski definition) is 3. The van der Waals surface area contributed by atoms with Gasteiger partial charge in [-0.2, -0.15) is 13.2 Å². The third-order valence-corrected chi connectivity index (χ3v) is 4.07. The molecular formula is C19H13F3N2O4. The molecule has 0 aliphatic rings. The van der Waals surface area contributed by atoms with Crippen LogP contribution < -0.4 is 10.9 Å². The van der Waals surface area contributed by atoms with Crippen LogP contribution in [-0.4, -0.2) is 21.8 Å². The van der Waals surface area contributed by atoms with Crippen LogP contribution in [0.3, 0.4) is 0 Å². The first-order valence-electron chi connectivity index (χ1n) is 7.96. The zero-order chi connectivity index (χ0) is 20.6. The molecule has 1 heterocycles. The Kier molecular flexibility index (Phi) is 4.68. The SMILES string of the molecule is CC(=O)c1ccc(O)c(NC(=O)c2cc3ccc(C(F)(F)F)cc3[nH]c2=O)c1. The normalized spacial score (nSPS) is 11.4. The summed E-state index contributed by atoms with van der Waals surface area (Å²) in [6, 6.07) is 7.74. The zero-order valence-corrected chi connectivity index (χ0v) is 14.3. The molecule has 0 spiro atoms. The van der Waals surface area contributed by atoms with Crippen molar-refractivity contribution in [3.8, 4) is 5.75 Å². The van der Waals surface area contributed by atoms with Crippen LogP contribution in [0.4, 0.5) is 18.9 Å². The number of anilines is 1. The number of nitrogens with one attached hydrogen (secondary N) is 2. The average molecular weight is 390 g/mol. The van der Waals surface area contributed by atoms with Gasteiger partial charge in [-0.1, -0.05) is 6.07 Å². The van der Waals surface area contributed by atoms with Crippen LogP contribution in [-0.2, 0) is 6.18 Å². The Morgan fingerprint density at radius 1 is 1.07 bits per heavy atom. The molecule has 9 heteroatoms. The van der Waals surface area contributed by atoms with Gasteiger partial charge in [0.1, 0.15) is 11.3 Å². The van der Waals surface area contributed by atoms with Crippen LogP contribution in [0.2, 0.25) is 0 Å². The molecule has 6 nitrogen and oxygen atoms in total. The molecule has 1 aromatic heterocycles. The van der Waals surface area contributed by atoms with Gasteiger partial charge < -0.3 is 15.4 Å². The zero-order valence-electron chi connectivity index (χ0n) is 14.3. The highest BCUT2D eigenvalue weighted by Crippen LogP contribution is 2.31. The largest absolute Gasteiger partial charge is 0.506 e. The number of ketones is 1. The van der Waals surface area contributed by atoms with Crippen molar-refractivity contribution in [2.45, 2.75) is 13.1 Å². The van der Waals surface area contributed by atoms with Crippen LogP contribution in [0.1, 0.15) is 33.2 Å². The Bertz CT molecular complexity index is 1170. The van der Waals surface area contributed by atoms with Crippen molar-refractivity contribution < 1.29 is 27.9 Å². The van der Waals surface area contributed by atoms with E-state index >= 15 is 0 Å². The molecule has 0 saturated carbocycles. The number of hydrogen-bond acceptors (Lipinski definition) is 4. The van der Waals surface area contributed by atoms with E-state index in [4.69, 9.17) is 0 Å². The second-order valence-electron chi connectivity index (χ2n) is 6.05. The van der Waals surface area contributed by atoms with Crippen LogP contribution >= 0.6 is 0 Å². The maximum Gasteiger partial charge on any atom is 0.416 e. The summed E-state index contributed by atoms with van der Waals surface area (Å²) in [5, 5.41) is 12.4. The molecule has 0 aliphatic heterocycles. The van der Waals surface area contributed by atoms with E-state index in [1.807, 2.05) is 0 Å². The predicted molar refractivity (Wildman–Crippen MR) is 95.6 cm³/mol. The third-order valence-electron chi connectivity index (χ3n) is 4.07. The fourth-order valence-electron chi connectivity index (χ4n) is 2.59. The molecule has 0 atom stereocenters. The van der Waals surface area contributed by atoms with E-state index in [2.05, 4.69) is 10.3 Å². The lowest BCUT2D eigenvalue weighted by molar-refractivity contribution is -0.137. The number of halogens is 3. The molecule has 144 valence electrons. The second kappa shape index (κ2) is 6.84. The van der Waals surface area contributed by atoms with E-state index in [-0.39, 0.29) is 39.2 Å². The molecule has 28 heavy (non-hydrogen) atoms. The average Bonchev–Trinajstić information content (AvgIpc) is 2.61. The Hall–Kier alpha value is -3.62. The fraction of sp³-hybridized carbons (Fsp3) is 0.105. The lowest BCUT2D eigenvalue weighted by Crippen LogP contribution is -2.23. The molecular weight excluding hydrogens is 377 g/mol. The molecule has 2 aromatic carbocycles. The first kappa shape index (κ1) is 19.2. The number of fused-ring (bicyclic) bond motifs is 1. The third kappa shape index (κ3) is 3.73. The summed E-state index contributed by atoms with van der Waals surface area (Å²) in [7, 11) is 0. The van der Waals surface area contributed by atoms with Crippen molar-refractivity contribution >= 4 is 28.3 Å². The summed E-state index contributed by atoms with van der Waals surface area (Å²) in [6.45, 7) is 1.31. The number of phenolic OH excluding ortho intramolecular Hbond substituents is 1.